The van der Waals surface area contributed by atoms with Crippen molar-refractivity contribution >= 4 is 35.1 Å². The van der Waals surface area contributed by atoms with Gasteiger partial charge in [0.15, 0.2) is 6.61 Å². The maximum absolute atomic E-state index is 13.0. The van der Waals surface area contributed by atoms with Gasteiger partial charge in [0.2, 0.25) is 0 Å². The highest BCUT2D eigenvalue weighted by molar-refractivity contribution is 6.24. The standard InChI is InChI=1S/C25H31ClN2O4/c26-25-12-16-9-17(13-25)11-24(10-16,15-25)23(31)32-14-21(29)28-20-8-4-3-7-19(20)22(30)27-18-5-1-2-6-18/h3-4,7-8,16-18H,1-2,5-6,9-15H2,(H,27,30)(H,28,29). The van der Waals surface area contributed by atoms with Crippen LogP contribution in [0.25, 0.3) is 0 Å². The number of carbonyl (C=O) groups is 3. The summed E-state index contributed by atoms with van der Waals surface area (Å²) in [7, 11) is 0. The highest BCUT2D eigenvalue weighted by atomic mass is 35.5. The van der Waals surface area contributed by atoms with Crippen LogP contribution in [0.1, 0.15) is 74.6 Å². The van der Waals surface area contributed by atoms with E-state index in [1.807, 2.05) is 0 Å². The fourth-order valence-corrected chi connectivity index (χ4v) is 7.68. The van der Waals surface area contributed by atoms with Gasteiger partial charge in [-0.3, -0.25) is 14.4 Å². The van der Waals surface area contributed by atoms with E-state index in [0.717, 1.165) is 57.8 Å². The number of halogens is 1. The largest absolute Gasteiger partial charge is 0.455 e. The number of esters is 1. The Morgan fingerprint density at radius 2 is 1.72 bits per heavy atom. The molecule has 5 fully saturated rings. The van der Waals surface area contributed by atoms with Crippen LogP contribution in [0.5, 0.6) is 0 Å². The molecular weight excluding hydrogens is 428 g/mol. The van der Waals surface area contributed by atoms with E-state index in [1.165, 1.54) is 0 Å². The molecule has 2 atom stereocenters. The van der Waals surface area contributed by atoms with Crippen molar-refractivity contribution in [2.45, 2.75) is 75.1 Å². The van der Waals surface area contributed by atoms with Gasteiger partial charge in [0.1, 0.15) is 0 Å². The van der Waals surface area contributed by atoms with Crippen LogP contribution < -0.4 is 10.6 Å². The lowest BCUT2D eigenvalue weighted by atomic mass is 9.49. The summed E-state index contributed by atoms with van der Waals surface area (Å²) in [5.41, 5.74) is 0.313. The third-order valence-electron chi connectivity index (χ3n) is 7.89. The van der Waals surface area contributed by atoms with Gasteiger partial charge in [0.25, 0.3) is 11.8 Å². The molecule has 5 aliphatic carbocycles. The zero-order chi connectivity index (χ0) is 22.3. The van der Waals surface area contributed by atoms with Gasteiger partial charge in [-0.2, -0.15) is 0 Å². The molecule has 172 valence electrons. The van der Waals surface area contributed by atoms with E-state index in [-0.39, 0.29) is 29.4 Å². The molecule has 0 heterocycles. The molecule has 0 radical (unpaired) electrons. The molecule has 32 heavy (non-hydrogen) atoms. The van der Waals surface area contributed by atoms with Crippen LogP contribution in [0.4, 0.5) is 5.69 Å². The van der Waals surface area contributed by atoms with Crippen LogP contribution in [0, 0.1) is 17.3 Å². The van der Waals surface area contributed by atoms with Crippen LogP contribution in [0.3, 0.4) is 0 Å². The quantitative estimate of drug-likeness (QED) is 0.488. The van der Waals surface area contributed by atoms with Crippen LogP contribution in [-0.4, -0.2) is 35.3 Å². The lowest BCUT2D eigenvalue weighted by molar-refractivity contribution is -0.171. The molecule has 2 N–H and O–H groups in total. The Bertz CT molecular complexity index is 912. The average molecular weight is 459 g/mol. The van der Waals surface area contributed by atoms with Gasteiger partial charge in [-0.15, -0.1) is 11.6 Å². The normalized spacial score (nSPS) is 33.2. The smallest absolute Gasteiger partial charge is 0.312 e. The summed E-state index contributed by atoms with van der Waals surface area (Å²) in [5, 5.41) is 5.80. The van der Waals surface area contributed by atoms with Crippen LogP contribution in [0.2, 0.25) is 0 Å². The van der Waals surface area contributed by atoms with Gasteiger partial charge in [-0.1, -0.05) is 25.0 Å². The number of hydrogen-bond donors (Lipinski definition) is 2. The lowest BCUT2D eigenvalue weighted by Gasteiger charge is -2.58. The molecule has 0 aromatic heterocycles. The van der Waals surface area contributed by atoms with Crippen molar-refractivity contribution in [2.75, 3.05) is 11.9 Å². The summed E-state index contributed by atoms with van der Waals surface area (Å²) in [6, 6.07) is 7.12. The first-order valence-corrected chi connectivity index (χ1v) is 12.3. The Kier molecular flexibility index (Phi) is 5.68. The topological polar surface area (TPSA) is 84.5 Å². The molecule has 0 aliphatic heterocycles. The molecule has 6 nitrogen and oxygen atoms in total. The average Bonchev–Trinajstić information content (AvgIpc) is 3.23. The second-order valence-electron chi connectivity index (χ2n) is 10.5. The predicted octanol–water partition coefficient (Wildman–Crippen LogP) is 4.42. The van der Waals surface area contributed by atoms with E-state index in [2.05, 4.69) is 10.6 Å². The molecule has 0 saturated heterocycles. The van der Waals surface area contributed by atoms with Crippen molar-refractivity contribution in [2.24, 2.45) is 17.3 Å². The molecule has 7 heteroatoms. The first-order valence-electron chi connectivity index (χ1n) is 11.9. The Morgan fingerprint density at radius 1 is 1.03 bits per heavy atom. The highest BCUT2D eigenvalue weighted by Crippen LogP contribution is 2.64. The number of hydrogen-bond acceptors (Lipinski definition) is 4. The van der Waals surface area contributed by atoms with E-state index in [4.69, 9.17) is 16.3 Å². The van der Waals surface area contributed by atoms with Crippen molar-refractivity contribution in [3.8, 4) is 0 Å². The van der Waals surface area contributed by atoms with Gasteiger partial charge in [0, 0.05) is 10.9 Å². The van der Waals surface area contributed by atoms with Crippen LogP contribution in [0.15, 0.2) is 24.3 Å². The Hall–Kier alpha value is -2.08. The Balaban J connectivity index is 1.19. The predicted molar refractivity (Wildman–Crippen MR) is 121 cm³/mol. The zero-order valence-corrected chi connectivity index (χ0v) is 19.1. The van der Waals surface area contributed by atoms with Crippen molar-refractivity contribution in [1.82, 2.24) is 5.32 Å². The van der Waals surface area contributed by atoms with Crippen LogP contribution in [-0.2, 0) is 14.3 Å². The highest BCUT2D eigenvalue weighted by Gasteiger charge is 2.60. The minimum Gasteiger partial charge on any atom is -0.455 e. The minimum absolute atomic E-state index is 0.189. The monoisotopic (exact) mass is 458 g/mol. The number of anilines is 1. The summed E-state index contributed by atoms with van der Waals surface area (Å²) in [6.07, 6.45) is 9.66. The molecule has 4 bridgehead atoms. The molecule has 5 aliphatic rings. The van der Waals surface area contributed by atoms with Crippen molar-refractivity contribution in [3.05, 3.63) is 29.8 Å². The molecule has 6 rings (SSSR count). The van der Waals surface area contributed by atoms with Gasteiger partial charge in [0.05, 0.1) is 16.7 Å². The fourth-order valence-electron chi connectivity index (χ4n) is 6.98. The summed E-state index contributed by atoms with van der Waals surface area (Å²) < 4.78 is 5.50. The van der Waals surface area contributed by atoms with Crippen LogP contribution >= 0.6 is 11.6 Å². The summed E-state index contributed by atoms with van der Waals surface area (Å²) in [6.45, 7) is -0.357. The molecule has 1 aromatic carbocycles. The number of benzene rings is 1. The molecule has 0 spiro atoms. The number of nitrogens with one attached hydrogen (secondary N) is 2. The van der Waals surface area contributed by atoms with Gasteiger partial charge in [-0.25, -0.2) is 0 Å². The maximum atomic E-state index is 13.0. The SMILES string of the molecule is O=C(COC(=O)C12CC3CC(CC(Cl)(C3)C1)C2)Nc1ccccc1C(=O)NC1CCCC1. The van der Waals surface area contributed by atoms with E-state index in [1.54, 1.807) is 24.3 Å². The second kappa shape index (κ2) is 8.36. The molecule has 2 amide bonds. The fraction of sp³-hybridized carbons (Fsp3) is 0.640. The third-order valence-corrected chi connectivity index (χ3v) is 8.34. The molecule has 5 saturated carbocycles. The lowest BCUT2D eigenvalue weighted by Crippen LogP contribution is -2.56. The summed E-state index contributed by atoms with van der Waals surface area (Å²) in [4.78, 5) is 38.0. The number of alkyl halides is 1. The number of ether oxygens (including phenoxy) is 1. The Morgan fingerprint density at radius 3 is 2.41 bits per heavy atom. The third kappa shape index (κ3) is 4.26. The number of amides is 2. The maximum Gasteiger partial charge on any atom is 0.312 e. The molecular formula is C25H31ClN2O4. The minimum atomic E-state index is -0.537. The summed E-state index contributed by atoms with van der Waals surface area (Å²) >= 11 is 6.82. The first kappa shape index (κ1) is 21.7. The molecule has 1 aromatic rings. The van der Waals surface area contributed by atoms with E-state index < -0.39 is 11.3 Å². The number of carbonyl (C=O) groups excluding carboxylic acids is 3. The zero-order valence-electron chi connectivity index (χ0n) is 18.3. The van der Waals surface area contributed by atoms with E-state index >= 15 is 0 Å². The first-order chi connectivity index (χ1) is 15.3. The van der Waals surface area contributed by atoms with Gasteiger partial charge < -0.3 is 15.4 Å². The van der Waals surface area contributed by atoms with Crippen molar-refractivity contribution in [3.63, 3.8) is 0 Å². The van der Waals surface area contributed by atoms with Crippen molar-refractivity contribution < 1.29 is 19.1 Å². The number of para-hydroxylation sites is 1. The Labute approximate surface area is 193 Å². The van der Waals surface area contributed by atoms with Gasteiger partial charge >= 0.3 is 5.97 Å². The second-order valence-corrected chi connectivity index (χ2v) is 11.3. The van der Waals surface area contributed by atoms with Crippen molar-refractivity contribution in [1.29, 1.82) is 0 Å². The van der Waals surface area contributed by atoms with E-state index in [9.17, 15) is 14.4 Å². The van der Waals surface area contributed by atoms with E-state index in [0.29, 0.717) is 29.5 Å². The van der Waals surface area contributed by atoms with Gasteiger partial charge in [-0.05, 0) is 75.3 Å². The molecule has 2 unspecified atom stereocenters. The number of rotatable bonds is 6. The summed E-state index contributed by atoms with van der Waals surface area (Å²) in [5.74, 6) is 0.0513.